The van der Waals surface area contributed by atoms with Gasteiger partial charge < -0.3 is 4.74 Å². The molecule has 0 saturated carbocycles. The van der Waals surface area contributed by atoms with Crippen LogP contribution in [-0.2, 0) is 15.6 Å². The lowest BCUT2D eigenvalue weighted by molar-refractivity contribution is 0.0630. The van der Waals surface area contributed by atoms with Crippen molar-refractivity contribution in [3.8, 4) is 0 Å². The number of aryl methyl sites for hydroxylation is 2. The average Bonchev–Trinajstić information content (AvgIpc) is 2.47. The second-order valence-electron chi connectivity index (χ2n) is 7.89. The molecule has 0 saturated heterocycles. The lowest BCUT2D eigenvalue weighted by Gasteiger charge is -2.31. The van der Waals surface area contributed by atoms with E-state index in [1.165, 1.54) is 22.3 Å². The number of rotatable bonds is 6. The fourth-order valence-electron chi connectivity index (χ4n) is 3.38. The largest absolute Gasteiger partial charge is 0.380 e. The fourth-order valence-corrected chi connectivity index (χ4v) is 3.38. The Morgan fingerprint density at radius 2 is 1.00 bits per heavy atom. The molecular formula is C22H30O. The van der Waals surface area contributed by atoms with Gasteiger partial charge in [0.1, 0.15) is 0 Å². The monoisotopic (exact) mass is 310 g/mol. The first kappa shape index (κ1) is 17.7. The third kappa shape index (κ3) is 4.23. The van der Waals surface area contributed by atoms with E-state index >= 15 is 0 Å². The maximum atomic E-state index is 6.18. The van der Waals surface area contributed by atoms with Crippen molar-refractivity contribution in [2.75, 3.05) is 13.2 Å². The number of hydrogen-bond donors (Lipinski definition) is 0. The summed E-state index contributed by atoms with van der Waals surface area (Å²) in [6, 6.07) is 17.2. The van der Waals surface area contributed by atoms with E-state index in [4.69, 9.17) is 4.74 Å². The van der Waals surface area contributed by atoms with Gasteiger partial charge in [-0.05, 0) is 36.1 Å². The number of hydrogen-bond acceptors (Lipinski definition) is 1. The fraction of sp³-hybridized carbons (Fsp3) is 0.455. The van der Waals surface area contributed by atoms with Gasteiger partial charge in [0.2, 0.25) is 0 Å². The van der Waals surface area contributed by atoms with E-state index in [2.05, 4.69) is 90.1 Å². The summed E-state index contributed by atoms with van der Waals surface area (Å²) in [5.41, 5.74) is 5.45. The molecule has 0 aromatic heterocycles. The van der Waals surface area contributed by atoms with Crippen LogP contribution in [0.5, 0.6) is 0 Å². The van der Waals surface area contributed by atoms with Gasteiger partial charge in [-0.1, -0.05) is 76.2 Å². The lowest BCUT2D eigenvalue weighted by Crippen LogP contribution is -2.31. The van der Waals surface area contributed by atoms with Crippen molar-refractivity contribution in [3.63, 3.8) is 0 Å². The predicted molar refractivity (Wildman–Crippen MR) is 99.2 cm³/mol. The average molecular weight is 310 g/mol. The summed E-state index contributed by atoms with van der Waals surface area (Å²) in [4.78, 5) is 0. The highest BCUT2D eigenvalue weighted by molar-refractivity contribution is 5.33. The van der Waals surface area contributed by atoms with Crippen molar-refractivity contribution in [3.05, 3.63) is 70.8 Å². The van der Waals surface area contributed by atoms with Crippen LogP contribution >= 0.6 is 0 Å². The van der Waals surface area contributed by atoms with Crippen LogP contribution < -0.4 is 0 Å². The molecule has 2 rings (SSSR count). The Morgan fingerprint density at radius 3 is 1.35 bits per heavy atom. The lowest BCUT2D eigenvalue weighted by atomic mass is 9.81. The Morgan fingerprint density at radius 1 is 0.652 bits per heavy atom. The van der Waals surface area contributed by atoms with Crippen molar-refractivity contribution in [2.45, 2.75) is 52.4 Å². The van der Waals surface area contributed by atoms with E-state index in [1.807, 2.05) is 0 Å². The van der Waals surface area contributed by atoms with Crippen molar-refractivity contribution < 1.29 is 4.74 Å². The van der Waals surface area contributed by atoms with Crippen molar-refractivity contribution in [2.24, 2.45) is 0 Å². The van der Waals surface area contributed by atoms with Crippen LogP contribution in [-0.4, -0.2) is 13.2 Å². The van der Waals surface area contributed by atoms with Gasteiger partial charge in [-0.2, -0.15) is 0 Å². The molecule has 0 aliphatic carbocycles. The van der Waals surface area contributed by atoms with Crippen LogP contribution in [0.25, 0.3) is 0 Å². The van der Waals surface area contributed by atoms with Crippen LogP contribution in [0, 0.1) is 13.8 Å². The molecule has 2 aromatic carbocycles. The van der Waals surface area contributed by atoms with Crippen LogP contribution in [0.4, 0.5) is 0 Å². The molecule has 1 heteroatoms. The van der Waals surface area contributed by atoms with Gasteiger partial charge >= 0.3 is 0 Å². The van der Waals surface area contributed by atoms with Crippen LogP contribution in [0.3, 0.4) is 0 Å². The van der Waals surface area contributed by atoms with E-state index in [1.54, 1.807) is 0 Å². The minimum atomic E-state index is 0.0210. The van der Waals surface area contributed by atoms with Gasteiger partial charge in [0.15, 0.2) is 0 Å². The standard InChI is InChI=1S/C22H30O/c1-17-11-7-9-13-19(17)21(3,4)15-23-16-22(5,6)20-14-10-8-12-18(20)2/h7-14H,15-16H2,1-6H3. The zero-order valence-corrected chi connectivity index (χ0v) is 15.4. The summed E-state index contributed by atoms with van der Waals surface area (Å²) < 4.78 is 6.18. The molecule has 0 atom stereocenters. The molecule has 1 nitrogen and oxygen atoms in total. The minimum Gasteiger partial charge on any atom is -0.380 e. The van der Waals surface area contributed by atoms with E-state index in [-0.39, 0.29) is 10.8 Å². The summed E-state index contributed by atoms with van der Waals surface area (Å²) in [5.74, 6) is 0. The molecule has 0 heterocycles. The summed E-state index contributed by atoms with van der Waals surface area (Å²) in [7, 11) is 0. The smallest absolute Gasteiger partial charge is 0.0558 e. The quantitative estimate of drug-likeness (QED) is 0.677. The van der Waals surface area contributed by atoms with Crippen LogP contribution in [0.15, 0.2) is 48.5 Å². The molecule has 0 aliphatic heterocycles. The Balaban J connectivity index is 2.04. The van der Waals surface area contributed by atoms with E-state index in [9.17, 15) is 0 Å². The van der Waals surface area contributed by atoms with Crippen molar-refractivity contribution in [1.29, 1.82) is 0 Å². The molecular weight excluding hydrogens is 280 g/mol. The number of ether oxygens (including phenoxy) is 1. The Bertz CT molecular complexity index is 595. The van der Waals surface area contributed by atoms with E-state index in [0.29, 0.717) is 0 Å². The molecule has 0 spiro atoms. The van der Waals surface area contributed by atoms with Gasteiger partial charge in [-0.15, -0.1) is 0 Å². The minimum absolute atomic E-state index is 0.0210. The second-order valence-corrected chi connectivity index (χ2v) is 7.89. The topological polar surface area (TPSA) is 9.23 Å². The third-order valence-electron chi connectivity index (χ3n) is 4.67. The third-order valence-corrected chi connectivity index (χ3v) is 4.67. The Labute approximate surface area is 141 Å². The molecule has 0 unspecified atom stereocenters. The molecule has 23 heavy (non-hydrogen) atoms. The zero-order chi connectivity index (χ0) is 17.1. The summed E-state index contributed by atoms with van der Waals surface area (Å²) in [6.45, 7) is 14.8. The van der Waals surface area contributed by atoms with E-state index in [0.717, 1.165) is 13.2 Å². The van der Waals surface area contributed by atoms with Gasteiger partial charge in [0.25, 0.3) is 0 Å². The van der Waals surface area contributed by atoms with Gasteiger partial charge in [0, 0.05) is 10.8 Å². The van der Waals surface area contributed by atoms with Gasteiger partial charge in [-0.3, -0.25) is 0 Å². The second kappa shape index (κ2) is 6.88. The maximum Gasteiger partial charge on any atom is 0.0558 e. The van der Waals surface area contributed by atoms with Crippen LogP contribution in [0.1, 0.15) is 49.9 Å². The first-order valence-electron chi connectivity index (χ1n) is 8.44. The first-order valence-corrected chi connectivity index (χ1v) is 8.44. The molecule has 0 bridgehead atoms. The van der Waals surface area contributed by atoms with Crippen LogP contribution in [0.2, 0.25) is 0 Å². The molecule has 0 aliphatic rings. The normalized spacial score (nSPS) is 12.4. The van der Waals surface area contributed by atoms with Gasteiger partial charge in [-0.25, -0.2) is 0 Å². The highest BCUT2D eigenvalue weighted by atomic mass is 16.5. The van der Waals surface area contributed by atoms with E-state index < -0.39 is 0 Å². The Kier molecular flexibility index (Phi) is 5.31. The molecule has 2 aromatic rings. The summed E-state index contributed by atoms with van der Waals surface area (Å²) >= 11 is 0. The SMILES string of the molecule is Cc1ccccc1C(C)(C)COCC(C)(C)c1ccccc1C. The predicted octanol–water partition coefficient (Wildman–Crippen LogP) is 5.58. The first-order chi connectivity index (χ1) is 10.7. The van der Waals surface area contributed by atoms with Gasteiger partial charge in [0.05, 0.1) is 13.2 Å². The van der Waals surface area contributed by atoms with Crippen molar-refractivity contribution in [1.82, 2.24) is 0 Å². The maximum absolute atomic E-state index is 6.18. The zero-order valence-electron chi connectivity index (χ0n) is 15.4. The molecule has 124 valence electrons. The summed E-state index contributed by atoms with van der Waals surface area (Å²) in [5, 5.41) is 0. The highest BCUT2D eigenvalue weighted by Gasteiger charge is 2.26. The highest BCUT2D eigenvalue weighted by Crippen LogP contribution is 2.29. The molecule has 0 amide bonds. The molecule has 0 N–H and O–H groups in total. The number of benzene rings is 2. The Hall–Kier alpha value is -1.60. The summed E-state index contributed by atoms with van der Waals surface area (Å²) in [6.07, 6.45) is 0. The van der Waals surface area contributed by atoms with Crippen molar-refractivity contribution >= 4 is 0 Å². The molecule has 0 fully saturated rings. The molecule has 0 radical (unpaired) electrons.